The number of halogens is 2. The molecule has 0 aliphatic carbocycles. The van der Waals surface area contributed by atoms with Crippen LogP contribution in [-0.4, -0.2) is 12.6 Å². The van der Waals surface area contributed by atoms with Crippen LogP contribution in [-0.2, 0) is 26.0 Å². The van der Waals surface area contributed by atoms with Crippen molar-refractivity contribution in [1.82, 2.24) is 0 Å². The molecule has 0 bridgehead atoms. The second kappa shape index (κ2) is 9.99. The van der Waals surface area contributed by atoms with Crippen molar-refractivity contribution in [3.05, 3.63) is 108 Å². The van der Waals surface area contributed by atoms with Gasteiger partial charge >= 0.3 is 5.97 Å². The van der Waals surface area contributed by atoms with E-state index in [4.69, 9.17) is 9.47 Å². The van der Waals surface area contributed by atoms with Crippen LogP contribution >= 0.6 is 11.8 Å². The Morgan fingerprint density at radius 3 is 1.94 bits per heavy atom. The molecule has 5 rings (SSSR count). The Morgan fingerprint density at radius 2 is 1.36 bits per heavy atom. The van der Waals surface area contributed by atoms with Crippen LogP contribution in [0.4, 0.5) is 8.78 Å². The van der Waals surface area contributed by atoms with Gasteiger partial charge in [0.05, 0.1) is 9.79 Å². The molecule has 0 N–H and O–H groups in total. The van der Waals surface area contributed by atoms with Gasteiger partial charge in [-0.1, -0.05) is 66.4 Å². The Kier molecular flexibility index (Phi) is 6.77. The topological polar surface area (TPSA) is 35.5 Å². The molecule has 1 aliphatic rings. The van der Waals surface area contributed by atoms with Crippen LogP contribution in [0.3, 0.4) is 0 Å². The third kappa shape index (κ3) is 4.86. The number of benzene rings is 4. The van der Waals surface area contributed by atoms with Gasteiger partial charge < -0.3 is 9.47 Å². The monoisotopic (exact) mass is 521 g/mol. The zero-order chi connectivity index (χ0) is 25.3. The fraction of sp³-hybridized carbons (Fsp3) is 0.138. The normalized spacial score (nSPS) is 13.0. The van der Waals surface area contributed by atoms with Gasteiger partial charge in [-0.2, -0.15) is 0 Å². The Morgan fingerprint density at radius 1 is 0.833 bits per heavy atom. The summed E-state index contributed by atoms with van der Waals surface area (Å²) < 4.78 is 41.1. The van der Waals surface area contributed by atoms with Crippen molar-refractivity contribution in [2.24, 2.45) is 0 Å². The van der Waals surface area contributed by atoms with Crippen molar-refractivity contribution in [3.63, 3.8) is 0 Å². The van der Waals surface area contributed by atoms with Crippen LogP contribution in [0.2, 0.25) is 0 Å². The van der Waals surface area contributed by atoms with E-state index in [1.807, 2.05) is 78.9 Å². The second-order valence-electron chi connectivity index (χ2n) is 8.66. The van der Waals surface area contributed by atoms with Gasteiger partial charge in [0.25, 0.3) is 0 Å². The van der Waals surface area contributed by atoms with Crippen LogP contribution in [0.1, 0.15) is 19.4 Å². The molecule has 4 aromatic carbocycles. The molecule has 7 heteroatoms. The third-order valence-electron chi connectivity index (χ3n) is 5.74. The largest absolute Gasteiger partial charge is 0.476 e. The summed E-state index contributed by atoms with van der Waals surface area (Å²) >= 11 is 1.65. The Bertz CT molecular complexity index is 1350. The number of esters is 1. The molecule has 1 heterocycles. The standard InChI is InChI=1S/C29H23F2O3S2/c1-29(2,19-10-4-3-5-11-19)34-27(32)18-33-28-21(30)16-20(17-22(28)31)36-25-14-8-6-12-23(25)35-24-13-7-9-15-26(24)36/h3-17H,18H2,1-2H3/q+1. The Hall–Kier alpha value is -3.29. The quantitative estimate of drug-likeness (QED) is 0.173. The van der Waals surface area contributed by atoms with Crippen molar-refractivity contribution in [1.29, 1.82) is 0 Å². The van der Waals surface area contributed by atoms with Crippen molar-refractivity contribution in [3.8, 4) is 5.75 Å². The lowest BCUT2D eigenvalue weighted by Gasteiger charge is -2.25. The fourth-order valence-electron chi connectivity index (χ4n) is 4.03. The molecule has 0 saturated heterocycles. The predicted molar refractivity (Wildman–Crippen MR) is 137 cm³/mol. The SMILES string of the molecule is CC(C)(OC(=O)COc1c(F)cc([S+]2c3ccccc3Sc3ccccc32)cc1F)c1ccccc1. The maximum Gasteiger partial charge on any atom is 0.345 e. The smallest absolute Gasteiger partial charge is 0.345 e. The maximum absolute atomic E-state index is 15.2. The minimum absolute atomic E-state index is 0.505. The van der Waals surface area contributed by atoms with Crippen LogP contribution in [0.5, 0.6) is 5.75 Å². The lowest BCUT2D eigenvalue weighted by molar-refractivity contribution is -0.160. The summed E-state index contributed by atoms with van der Waals surface area (Å²) in [7, 11) is -0.682. The van der Waals surface area contributed by atoms with E-state index in [0.717, 1.165) is 25.1 Å². The van der Waals surface area contributed by atoms with Gasteiger partial charge in [0.2, 0.25) is 0 Å². The highest BCUT2D eigenvalue weighted by molar-refractivity contribution is 8.04. The molecule has 182 valence electrons. The van der Waals surface area contributed by atoms with Crippen LogP contribution in [0.25, 0.3) is 0 Å². The summed E-state index contributed by atoms with van der Waals surface area (Å²) in [4.78, 5) is 17.1. The number of carbonyl (C=O) groups excluding carboxylic acids is 1. The number of fused-ring (bicyclic) bond motifs is 2. The number of carbonyl (C=O) groups is 1. The van der Waals surface area contributed by atoms with Gasteiger partial charge in [0.1, 0.15) is 16.5 Å². The molecule has 0 aromatic heterocycles. The van der Waals surface area contributed by atoms with Gasteiger partial charge in [0, 0.05) is 12.1 Å². The van der Waals surface area contributed by atoms with Crippen molar-refractivity contribution in [2.75, 3.05) is 6.61 Å². The van der Waals surface area contributed by atoms with E-state index in [0.29, 0.717) is 4.90 Å². The predicted octanol–water partition coefficient (Wildman–Crippen LogP) is 7.38. The van der Waals surface area contributed by atoms with Crippen LogP contribution in [0.15, 0.2) is 115 Å². The first kappa shape index (κ1) is 24.4. The second-order valence-corrected chi connectivity index (χ2v) is 11.7. The summed E-state index contributed by atoms with van der Waals surface area (Å²) in [5, 5.41) is 0. The maximum atomic E-state index is 15.2. The molecule has 1 aliphatic heterocycles. The van der Waals surface area contributed by atoms with E-state index in [1.165, 1.54) is 12.1 Å². The van der Waals surface area contributed by atoms with Gasteiger partial charge in [-0.05, 0) is 43.7 Å². The van der Waals surface area contributed by atoms with E-state index in [2.05, 4.69) is 0 Å². The summed E-state index contributed by atoms with van der Waals surface area (Å²) in [5.41, 5.74) is -0.115. The van der Waals surface area contributed by atoms with Crippen molar-refractivity contribution in [2.45, 2.75) is 43.9 Å². The lowest BCUT2D eigenvalue weighted by atomic mass is 9.98. The van der Waals surface area contributed by atoms with E-state index >= 15 is 8.78 Å². The lowest BCUT2D eigenvalue weighted by Crippen LogP contribution is -2.28. The molecule has 0 spiro atoms. The highest BCUT2D eigenvalue weighted by atomic mass is 32.2. The van der Waals surface area contributed by atoms with Crippen LogP contribution < -0.4 is 4.74 Å². The highest BCUT2D eigenvalue weighted by Gasteiger charge is 2.39. The molecule has 0 unspecified atom stereocenters. The Labute approximate surface area is 215 Å². The fourth-order valence-corrected chi connectivity index (χ4v) is 7.81. The molecule has 0 amide bonds. The molecular weight excluding hydrogens is 498 g/mol. The zero-order valence-electron chi connectivity index (χ0n) is 19.7. The van der Waals surface area contributed by atoms with E-state index < -0.39 is 46.5 Å². The summed E-state index contributed by atoms with van der Waals surface area (Å²) in [6.45, 7) is 2.88. The molecule has 3 nitrogen and oxygen atoms in total. The number of rotatable bonds is 6. The third-order valence-corrected chi connectivity index (χ3v) is 9.45. The van der Waals surface area contributed by atoms with Crippen molar-refractivity contribution >= 4 is 28.6 Å². The average molecular weight is 522 g/mol. The first-order valence-corrected chi connectivity index (χ1v) is 13.4. The van der Waals surface area contributed by atoms with E-state index in [9.17, 15) is 4.79 Å². The molecular formula is C29H23F2O3S2+. The van der Waals surface area contributed by atoms with Crippen LogP contribution in [0, 0.1) is 11.6 Å². The number of hydrogen-bond acceptors (Lipinski definition) is 4. The molecule has 4 aromatic rings. The van der Waals surface area contributed by atoms with Gasteiger partial charge in [-0.25, -0.2) is 13.6 Å². The first-order chi connectivity index (χ1) is 17.3. The summed E-state index contributed by atoms with van der Waals surface area (Å²) in [6.07, 6.45) is 0. The number of ether oxygens (including phenoxy) is 2. The Balaban J connectivity index is 1.38. The van der Waals surface area contributed by atoms with Crippen molar-refractivity contribution < 1.29 is 23.0 Å². The average Bonchev–Trinajstić information content (AvgIpc) is 2.87. The van der Waals surface area contributed by atoms with Gasteiger partial charge in [0.15, 0.2) is 38.7 Å². The van der Waals surface area contributed by atoms with E-state index in [-0.39, 0.29) is 0 Å². The number of hydrogen-bond donors (Lipinski definition) is 0. The molecule has 36 heavy (non-hydrogen) atoms. The summed E-state index contributed by atoms with van der Waals surface area (Å²) in [6, 6.07) is 27.6. The minimum atomic E-state index is -0.913. The van der Waals surface area contributed by atoms with E-state index in [1.54, 1.807) is 25.6 Å². The molecule has 0 saturated carbocycles. The first-order valence-electron chi connectivity index (χ1n) is 11.3. The molecule has 0 fully saturated rings. The minimum Gasteiger partial charge on any atom is -0.476 e. The molecule has 0 radical (unpaired) electrons. The zero-order valence-corrected chi connectivity index (χ0v) is 21.3. The van der Waals surface area contributed by atoms with Gasteiger partial charge in [-0.3, -0.25) is 0 Å². The summed E-state index contributed by atoms with van der Waals surface area (Å²) in [5.74, 6) is -3.04. The van der Waals surface area contributed by atoms with Gasteiger partial charge in [-0.15, -0.1) is 0 Å². The highest BCUT2D eigenvalue weighted by Crippen LogP contribution is 2.48. The molecule has 0 atom stereocenters.